The van der Waals surface area contributed by atoms with Crippen molar-refractivity contribution in [2.75, 3.05) is 6.61 Å². The van der Waals surface area contributed by atoms with Crippen molar-refractivity contribution >= 4 is 22.1 Å². The van der Waals surface area contributed by atoms with E-state index >= 15 is 0 Å². The number of aliphatic hydroxyl groups is 3. The van der Waals surface area contributed by atoms with Gasteiger partial charge in [0, 0.05) is 19.3 Å². The van der Waals surface area contributed by atoms with Crippen molar-refractivity contribution in [3.63, 3.8) is 0 Å². The van der Waals surface area contributed by atoms with Gasteiger partial charge in [0.25, 0.3) is 0 Å². The SMILES string of the molecule is O=C1CCCC(O)=C1c1ccc2cc(-c3ccc(CC(O)CO)c(C45CC6CC(CC(C6)C4)C5)c3)ccc2c1. The smallest absolute Gasteiger partial charge is 0.166 e. The fraction of sp³-hybridized carbons (Fsp3) is 0.457. The molecule has 3 aromatic carbocycles. The second-order valence-corrected chi connectivity index (χ2v) is 13.0. The van der Waals surface area contributed by atoms with Crippen molar-refractivity contribution in [2.24, 2.45) is 17.8 Å². The van der Waals surface area contributed by atoms with E-state index in [2.05, 4.69) is 42.5 Å². The number of carbonyl (C=O) groups is 1. The van der Waals surface area contributed by atoms with E-state index in [0.29, 0.717) is 31.3 Å². The normalized spacial score (nSPS) is 28.9. The topological polar surface area (TPSA) is 77.8 Å². The maximum atomic E-state index is 12.5. The number of Topliss-reactive ketones (excluding diaryl/α,β-unsaturated/α-hetero) is 1. The van der Waals surface area contributed by atoms with Gasteiger partial charge in [0.1, 0.15) is 5.76 Å². The summed E-state index contributed by atoms with van der Waals surface area (Å²) >= 11 is 0. The maximum Gasteiger partial charge on any atom is 0.166 e. The quantitative estimate of drug-likeness (QED) is 0.329. The van der Waals surface area contributed by atoms with Crippen LogP contribution in [-0.2, 0) is 16.6 Å². The summed E-state index contributed by atoms with van der Waals surface area (Å²) in [5.41, 5.74) is 6.42. The summed E-state index contributed by atoms with van der Waals surface area (Å²) in [7, 11) is 0. The molecule has 4 fully saturated rings. The molecule has 5 aliphatic carbocycles. The number of benzene rings is 3. The highest BCUT2D eigenvalue weighted by atomic mass is 16.3. The lowest BCUT2D eigenvalue weighted by atomic mass is 9.47. The summed E-state index contributed by atoms with van der Waals surface area (Å²) in [6, 6.07) is 19.3. The van der Waals surface area contributed by atoms with Gasteiger partial charge in [-0.15, -0.1) is 0 Å². The molecule has 0 aliphatic heterocycles. The van der Waals surface area contributed by atoms with E-state index in [1.165, 1.54) is 55.2 Å². The molecule has 8 rings (SSSR count). The number of rotatable bonds is 6. The van der Waals surface area contributed by atoms with Crippen molar-refractivity contribution in [1.29, 1.82) is 0 Å². The van der Waals surface area contributed by atoms with E-state index in [0.717, 1.165) is 39.7 Å². The Morgan fingerprint density at radius 3 is 2.03 bits per heavy atom. The molecule has 0 heterocycles. The van der Waals surface area contributed by atoms with Gasteiger partial charge in [-0.3, -0.25) is 4.79 Å². The Hall–Kier alpha value is -2.95. The molecule has 0 radical (unpaired) electrons. The molecule has 4 bridgehead atoms. The number of allylic oxidation sites excluding steroid dienone is 2. The predicted molar refractivity (Wildman–Crippen MR) is 154 cm³/mol. The number of hydrogen-bond donors (Lipinski definition) is 3. The second-order valence-electron chi connectivity index (χ2n) is 13.0. The van der Waals surface area contributed by atoms with Crippen LogP contribution in [0.1, 0.15) is 74.5 Å². The summed E-state index contributed by atoms with van der Waals surface area (Å²) < 4.78 is 0. The molecule has 3 aromatic rings. The number of fused-ring (bicyclic) bond motifs is 1. The lowest BCUT2D eigenvalue weighted by Crippen LogP contribution is -2.49. The molecule has 1 unspecified atom stereocenters. The van der Waals surface area contributed by atoms with Crippen molar-refractivity contribution < 1.29 is 20.1 Å². The first kappa shape index (κ1) is 25.0. The zero-order valence-corrected chi connectivity index (χ0v) is 22.5. The first-order chi connectivity index (χ1) is 18.9. The Bertz CT molecular complexity index is 1450. The minimum absolute atomic E-state index is 0.0262. The van der Waals surface area contributed by atoms with Crippen LogP contribution in [0.15, 0.2) is 60.4 Å². The Balaban J connectivity index is 1.27. The van der Waals surface area contributed by atoms with Crippen LogP contribution in [0.2, 0.25) is 0 Å². The summed E-state index contributed by atoms with van der Waals surface area (Å²) in [5, 5.41) is 32.5. The predicted octanol–water partition coefficient (Wildman–Crippen LogP) is 6.89. The molecule has 4 saturated carbocycles. The fourth-order valence-corrected chi connectivity index (χ4v) is 8.92. The molecule has 3 N–H and O–H groups in total. The van der Waals surface area contributed by atoms with E-state index in [1.807, 2.05) is 12.1 Å². The van der Waals surface area contributed by atoms with E-state index in [9.17, 15) is 20.1 Å². The molecule has 0 saturated heterocycles. The van der Waals surface area contributed by atoms with Crippen LogP contribution < -0.4 is 0 Å². The number of aliphatic hydroxyl groups excluding tert-OH is 3. The van der Waals surface area contributed by atoms with Gasteiger partial charge < -0.3 is 15.3 Å². The Labute approximate surface area is 230 Å². The molecule has 4 heteroatoms. The Kier molecular flexibility index (Phi) is 6.17. The minimum atomic E-state index is -0.732. The van der Waals surface area contributed by atoms with Crippen molar-refractivity contribution in [3.05, 3.63) is 77.0 Å². The van der Waals surface area contributed by atoms with Crippen LogP contribution >= 0.6 is 0 Å². The highest BCUT2D eigenvalue weighted by Gasteiger charge is 2.52. The zero-order chi connectivity index (χ0) is 26.7. The molecule has 5 aliphatic rings. The van der Waals surface area contributed by atoms with Crippen molar-refractivity contribution in [3.8, 4) is 11.1 Å². The molecule has 39 heavy (non-hydrogen) atoms. The van der Waals surface area contributed by atoms with Gasteiger partial charge in [-0.1, -0.05) is 42.5 Å². The van der Waals surface area contributed by atoms with Gasteiger partial charge in [-0.2, -0.15) is 0 Å². The molecule has 0 aromatic heterocycles. The van der Waals surface area contributed by atoms with Gasteiger partial charge in [0.15, 0.2) is 5.78 Å². The monoisotopic (exact) mass is 522 g/mol. The lowest BCUT2D eigenvalue weighted by Gasteiger charge is -2.57. The third-order valence-corrected chi connectivity index (χ3v) is 10.2. The molecule has 0 spiro atoms. The van der Waals surface area contributed by atoms with Crippen molar-refractivity contribution in [1.82, 2.24) is 0 Å². The molecule has 4 nitrogen and oxygen atoms in total. The van der Waals surface area contributed by atoms with Gasteiger partial charge in [-0.05, 0) is 119 Å². The van der Waals surface area contributed by atoms with E-state index < -0.39 is 6.10 Å². The van der Waals surface area contributed by atoms with Gasteiger partial charge in [0.2, 0.25) is 0 Å². The number of carbonyl (C=O) groups excluding carboxylic acids is 1. The first-order valence-electron chi connectivity index (χ1n) is 14.8. The summed E-state index contributed by atoms with van der Waals surface area (Å²) in [6.07, 6.45) is 9.48. The lowest BCUT2D eigenvalue weighted by molar-refractivity contribution is -0.114. The zero-order valence-electron chi connectivity index (χ0n) is 22.5. The maximum absolute atomic E-state index is 12.5. The van der Waals surface area contributed by atoms with Crippen molar-refractivity contribution in [2.45, 2.75) is 75.7 Å². The molecule has 0 amide bonds. The van der Waals surface area contributed by atoms with E-state index in [1.54, 1.807) is 0 Å². The van der Waals surface area contributed by atoms with Crippen LogP contribution in [0.3, 0.4) is 0 Å². The van der Waals surface area contributed by atoms with Crippen LogP contribution in [0.4, 0.5) is 0 Å². The van der Waals surface area contributed by atoms with Crippen LogP contribution in [0, 0.1) is 17.8 Å². The van der Waals surface area contributed by atoms with Crippen LogP contribution in [-0.4, -0.2) is 33.8 Å². The molecular formula is C35H38O4. The number of ketones is 1. The second kappa shape index (κ2) is 9.60. The minimum Gasteiger partial charge on any atom is -0.512 e. The highest BCUT2D eigenvalue weighted by molar-refractivity contribution is 6.22. The van der Waals surface area contributed by atoms with Gasteiger partial charge in [0.05, 0.1) is 18.3 Å². The molecule has 202 valence electrons. The van der Waals surface area contributed by atoms with Gasteiger partial charge in [-0.25, -0.2) is 0 Å². The van der Waals surface area contributed by atoms with Gasteiger partial charge >= 0.3 is 0 Å². The van der Waals surface area contributed by atoms with E-state index in [-0.39, 0.29) is 23.6 Å². The standard InChI is InChI=1S/C35H38O4/c36-20-30(37)15-28-8-6-27(16-31(28)35-17-21-10-22(18-35)12-23(11-21)19-35)25-4-5-26-14-29(9-7-24(26)13-25)34-32(38)2-1-3-33(34)39/h4-9,13-14,16,21-23,30,36-38H,1-3,10-12,15,17-20H2. The Morgan fingerprint density at radius 2 is 1.38 bits per heavy atom. The third kappa shape index (κ3) is 4.42. The largest absolute Gasteiger partial charge is 0.512 e. The average Bonchev–Trinajstić information content (AvgIpc) is 2.92. The summed E-state index contributed by atoms with van der Waals surface area (Å²) in [6.45, 7) is -0.213. The highest BCUT2D eigenvalue weighted by Crippen LogP contribution is 2.61. The third-order valence-electron chi connectivity index (χ3n) is 10.2. The van der Waals surface area contributed by atoms with Crippen LogP contribution in [0.25, 0.3) is 27.5 Å². The number of hydrogen-bond acceptors (Lipinski definition) is 4. The van der Waals surface area contributed by atoms with E-state index in [4.69, 9.17) is 0 Å². The molecular weight excluding hydrogens is 484 g/mol. The Morgan fingerprint density at radius 1 is 0.795 bits per heavy atom. The average molecular weight is 523 g/mol. The fourth-order valence-electron chi connectivity index (χ4n) is 8.92. The summed E-state index contributed by atoms with van der Waals surface area (Å²) in [5.74, 6) is 2.73. The molecule has 1 atom stereocenters. The van der Waals surface area contributed by atoms with Crippen LogP contribution in [0.5, 0.6) is 0 Å². The first-order valence-corrected chi connectivity index (χ1v) is 14.8. The summed E-state index contributed by atoms with van der Waals surface area (Å²) in [4.78, 5) is 12.5.